The largest absolute Gasteiger partial charge is 0.488 e. The summed E-state index contributed by atoms with van der Waals surface area (Å²) in [6.45, 7) is 5.75. The molecule has 2 nitrogen and oxygen atoms in total. The lowest BCUT2D eigenvalue weighted by atomic mass is 10.2. The van der Waals surface area contributed by atoms with Gasteiger partial charge in [-0.1, -0.05) is 32.0 Å². The maximum Gasteiger partial charge on any atom is 0.124 e. The van der Waals surface area contributed by atoms with Crippen LogP contribution in [0, 0.1) is 0 Å². The number of para-hydroxylation sites is 1. The molecule has 0 atom stereocenters. The van der Waals surface area contributed by atoms with Crippen molar-refractivity contribution in [3.8, 4) is 5.75 Å². The van der Waals surface area contributed by atoms with Crippen LogP contribution in [0.5, 0.6) is 5.75 Å². The van der Waals surface area contributed by atoms with E-state index in [9.17, 15) is 0 Å². The maximum atomic E-state index is 5.92. The zero-order chi connectivity index (χ0) is 13.7. The van der Waals surface area contributed by atoms with Crippen molar-refractivity contribution in [3.63, 3.8) is 0 Å². The van der Waals surface area contributed by atoms with E-state index >= 15 is 0 Å². The average molecular weight is 340 g/mol. The summed E-state index contributed by atoms with van der Waals surface area (Å²) in [6.07, 6.45) is 0. The number of ether oxygens (including phenoxy) is 1. The van der Waals surface area contributed by atoms with E-state index in [1.807, 2.05) is 18.2 Å². The summed E-state index contributed by atoms with van der Waals surface area (Å²) < 4.78 is 7.06. The first kappa shape index (κ1) is 14.6. The number of nitrogens with one attached hydrogen (secondary N) is 1. The molecule has 0 aliphatic heterocycles. The molecule has 1 aromatic heterocycles. The molecule has 0 fully saturated rings. The highest BCUT2D eigenvalue weighted by Gasteiger charge is 2.05. The van der Waals surface area contributed by atoms with Crippen molar-refractivity contribution in [2.75, 3.05) is 0 Å². The van der Waals surface area contributed by atoms with Gasteiger partial charge in [0, 0.05) is 23.0 Å². The molecule has 0 amide bonds. The van der Waals surface area contributed by atoms with Crippen molar-refractivity contribution in [1.82, 2.24) is 5.32 Å². The van der Waals surface area contributed by atoms with Gasteiger partial charge in [-0.2, -0.15) is 0 Å². The fourth-order valence-corrected chi connectivity index (χ4v) is 3.08. The Morgan fingerprint density at radius 1 is 1.21 bits per heavy atom. The number of hydrogen-bond acceptors (Lipinski definition) is 3. The van der Waals surface area contributed by atoms with Gasteiger partial charge in [-0.05, 0) is 34.1 Å². The maximum absolute atomic E-state index is 5.92. The van der Waals surface area contributed by atoms with Crippen molar-refractivity contribution in [2.24, 2.45) is 0 Å². The molecule has 1 aromatic carbocycles. The van der Waals surface area contributed by atoms with Crippen LogP contribution in [-0.2, 0) is 13.2 Å². The highest BCUT2D eigenvalue weighted by Crippen LogP contribution is 2.25. The van der Waals surface area contributed by atoms with Gasteiger partial charge in [0.25, 0.3) is 0 Å². The molecule has 4 heteroatoms. The van der Waals surface area contributed by atoms with Crippen molar-refractivity contribution >= 4 is 27.3 Å². The minimum absolute atomic E-state index is 0.473. The second-order valence-electron chi connectivity index (χ2n) is 4.64. The third-order valence-corrected chi connectivity index (χ3v) is 4.27. The van der Waals surface area contributed by atoms with Gasteiger partial charge in [0.2, 0.25) is 0 Å². The summed E-state index contributed by atoms with van der Waals surface area (Å²) in [5.41, 5.74) is 1.20. The van der Waals surface area contributed by atoms with Crippen LogP contribution in [0.4, 0.5) is 0 Å². The summed E-state index contributed by atoms with van der Waals surface area (Å²) in [7, 11) is 0. The second-order valence-corrected chi connectivity index (χ2v) is 7.19. The van der Waals surface area contributed by atoms with Crippen LogP contribution >= 0.6 is 27.3 Å². The molecule has 1 heterocycles. The predicted octanol–water partition coefficient (Wildman–Crippen LogP) is 4.59. The summed E-state index contributed by atoms with van der Waals surface area (Å²) >= 11 is 5.17. The van der Waals surface area contributed by atoms with Crippen molar-refractivity contribution in [2.45, 2.75) is 33.0 Å². The molecule has 0 bridgehead atoms. The van der Waals surface area contributed by atoms with Crippen LogP contribution in [0.1, 0.15) is 24.3 Å². The van der Waals surface area contributed by atoms with E-state index in [4.69, 9.17) is 4.74 Å². The van der Waals surface area contributed by atoms with Gasteiger partial charge >= 0.3 is 0 Å². The Morgan fingerprint density at radius 2 is 2.00 bits per heavy atom. The molecular formula is C15H18BrNOS. The number of halogens is 1. The summed E-state index contributed by atoms with van der Waals surface area (Å²) in [5, 5.41) is 3.42. The molecule has 19 heavy (non-hydrogen) atoms. The van der Waals surface area contributed by atoms with Crippen LogP contribution in [-0.4, -0.2) is 6.04 Å². The number of thiophene rings is 1. The van der Waals surface area contributed by atoms with E-state index in [1.54, 1.807) is 11.3 Å². The smallest absolute Gasteiger partial charge is 0.124 e. The van der Waals surface area contributed by atoms with Crippen LogP contribution in [0.2, 0.25) is 0 Å². The van der Waals surface area contributed by atoms with E-state index < -0.39 is 0 Å². The van der Waals surface area contributed by atoms with E-state index in [1.165, 1.54) is 10.4 Å². The van der Waals surface area contributed by atoms with E-state index in [0.29, 0.717) is 12.6 Å². The summed E-state index contributed by atoms with van der Waals surface area (Å²) in [6, 6.07) is 12.8. The van der Waals surface area contributed by atoms with Crippen LogP contribution in [0.25, 0.3) is 0 Å². The van der Waals surface area contributed by atoms with Crippen LogP contribution in [0.15, 0.2) is 40.2 Å². The Kier molecular flexibility index (Phi) is 5.43. The monoisotopic (exact) mass is 339 g/mol. The number of hydrogen-bond donors (Lipinski definition) is 1. The molecule has 2 rings (SSSR count). The van der Waals surface area contributed by atoms with Crippen LogP contribution in [0.3, 0.4) is 0 Å². The molecule has 0 spiro atoms. The molecule has 0 saturated carbocycles. The minimum Gasteiger partial charge on any atom is -0.488 e. The van der Waals surface area contributed by atoms with E-state index in [0.717, 1.165) is 16.1 Å². The standard InChI is InChI=1S/C15H18BrNOS/c1-11(2)17-9-12-5-3-4-6-14(12)18-10-13-7-8-15(16)19-13/h3-8,11,17H,9-10H2,1-2H3. The first-order chi connectivity index (χ1) is 9.15. The third-order valence-electron chi connectivity index (χ3n) is 2.67. The van der Waals surface area contributed by atoms with Gasteiger partial charge < -0.3 is 10.1 Å². The lowest BCUT2D eigenvalue weighted by molar-refractivity contribution is 0.305. The molecule has 0 unspecified atom stereocenters. The van der Waals surface area contributed by atoms with E-state index in [2.05, 4.69) is 53.3 Å². The highest BCUT2D eigenvalue weighted by molar-refractivity contribution is 9.11. The third kappa shape index (κ3) is 4.64. The quantitative estimate of drug-likeness (QED) is 0.831. The molecule has 102 valence electrons. The van der Waals surface area contributed by atoms with Crippen LogP contribution < -0.4 is 10.1 Å². The van der Waals surface area contributed by atoms with Gasteiger partial charge in [0.1, 0.15) is 12.4 Å². The molecular weight excluding hydrogens is 322 g/mol. The fourth-order valence-electron chi connectivity index (χ4n) is 1.68. The Bertz CT molecular complexity index is 524. The molecule has 0 saturated heterocycles. The molecule has 0 radical (unpaired) electrons. The highest BCUT2D eigenvalue weighted by atomic mass is 79.9. The zero-order valence-electron chi connectivity index (χ0n) is 11.2. The fraction of sp³-hybridized carbons (Fsp3) is 0.333. The van der Waals surface area contributed by atoms with E-state index in [-0.39, 0.29) is 0 Å². The SMILES string of the molecule is CC(C)NCc1ccccc1OCc1ccc(Br)s1. The number of rotatable bonds is 6. The zero-order valence-corrected chi connectivity index (χ0v) is 13.6. The first-order valence-electron chi connectivity index (χ1n) is 6.33. The van der Waals surface area contributed by atoms with Gasteiger partial charge in [-0.3, -0.25) is 0 Å². The summed E-state index contributed by atoms with van der Waals surface area (Å²) in [4.78, 5) is 1.22. The van der Waals surface area contributed by atoms with Crippen molar-refractivity contribution < 1.29 is 4.74 Å². The van der Waals surface area contributed by atoms with Gasteiger partial charge in [0.05, 0.1) is 3.79 Å². The topological polar surface area (TPSA) is 21.3 Å². The lowest BCUT2D eigenvalue weighted by Crippen LogP contribution is -2.22. The Morgan fingerprint density at radius 3 is 2.68 bits per heavy atom. The normalized spacial score (nSPS) is 10.9. The van der Waals surface area contributed by atoms with Crippen molar-refractivity contribution in [1.29, 1.82) is 0 Å². The Hall–Kier alpha value is -0.840. The van der Waals surface area contributed by atoms with Gasteiger partial charge in [0.15, 0.2) is 0 Å². The minimum atomic E-state index is 0.473. The number of benzene rings is 1. The van der Waals surface area contributed by atoms with Gasteiger partial charge in [-0.25, -0.2) is 0 Å². The summed E-state index contributed by atoms with van der Waals surface area (Å²) in [5.74, 6) is 0.958. The predicted molar refractivity (Wildman–Crippen MR) is 84.8 cm³/mol. The van der Waals surface area contributed by atoms with Crippen molar-refractivity contribution in [3.05, 3.63) is 50.6 Å². The average Bonchev–Trinajstić information content (AvgIpc) is 2.80. The molecule has 0 aliphatic carbocycles. The lowest BCUT2D eigenvalue weighted by Gasteiger charge is -2.13. The first-order valence-corrected chi connectivity index (χ1v) is 7.94. The second kappa shape index (κ2) is 7.08. The molecule has 2 aromatic rings. The molecule has 0 aliphatic rings. The Balaban J connectivity index is 1.99. The Labute approximate surface area is 126 Å². The van der Waals surface area contributed by atoms with Gasteiger partial charge in [-0.15, -0.1) is 11.3 Å². The molecule has 1 N–H and O–H groups in total.